The lowest BCUT2D eigenvalue weighted by Crippen LogP contribution is -2.25. The molecule has 1 amide bonds. The lowest BCUT2D eigenvalue weighted by Gasteiger charge is -2.22. The third kappa shape index (κ3) is 9.31. The number of unbranched alkanes of at least 4 members (excludes halogenated alkanes) is 3. The zero-order valence-electron chi connectivity index (χ0n) is 21.5. The van der Waals surface area contributed by atoms with E-state index < -0.39 is 29.7 Å². The highest BCUT2D eigenvalue weighted by molar-refractivity contribution is 5.94. The van der Waals surface area contributed by atoms with Crippen LogP contribution >= 0.6 is 0 Å². The van der Waals surface area contributed by atoms with Crippen LogP contribution in [-0.2, 0) is 11.0 Å². The van der Waals surface area contributed by atoms with Crippen LogP contribution in [0.5, 0.6) is 17.2 Å². The van der Waals surface area contributed by atoms with E-state index in [1.54, 1.807) is 36.5 Å². The molecular weight excluding hydrogens is 513 g/mol. The monoisotopic (exact) mass is 544 g/mol. The number of amides is 1. The van der Waals surface area contributed by atoms with Gasteiger partial charge < -0.3 is 19.9 Å². The van der Waals surface area contributed by atoms with E-state index in [0.29, 0.717) is 29.0 Å². The number of carboxylic acids is 1. The van der Waals surface area contributed by atoms with Crippen LogP contribution < -0.4 is 14.8 Å². The summed E-state index contributed by atoms with van der Waals surface area (Å²) in [5, 5.41) is 11.3. The molecule has 1 heterocycles. The van der Waals surface area contributed by atoms with E-state index in [2.05, 4.69) is 17.2 Å². The Morgan fingerprint density at radius 3 is 2.31 bits per heavy atom. The summed E-state index contributed by atoms with van der Waals surface area (Å²) in [7, 11) is 0. The molecule has 1 aromatic heterocycles. The average molecular weight is 545 g/mol. The third-order valence-electron chi connectivity index (χ3n) is 5.91. The first-order valence-corrected chi connectivity index (χ1v) is 12.7. The van der Waals surface area contributed by atoms with Crippen LogP contribution in [0.15, 0.2) is 67.0 Å². The molecule has 2 N–H and O–H groups in total. The van der Waals surface area contributed by atoms with Gasteiger partial charge in [0.15, 0.2) is 0 Å². The Bertz CT molecular complexity index is 1210. The highest BCUT2D eigenvalue weighted by atomic mass is 19.4. The standard InChI is InChI=1S/C29H31F3N2O5/c1-2-3-4-5-6-25(38-22-11-7-20(8-12-22)28(37)34-18-16-27(35)36)24-19-33-17-15-26(24)39-23-13-9-21(10-14-23)29(30,31)32/h7-15,17,19,25H,2-6,16,18H2,1H3,(H,34,37)(H,35,36). The topological polar surface area (TPSA) is 97.8 Å². The molecule has 0 radical (unpaired) electrons. The Labute approximate surface area is 225 Å². The molecule has 3 aromatic rings. The fraction of sp³-hybridized carbons (Fsp3) is 0.345. The summed E-state index contributed by atoms with van der Waals surface area (Å²) in [4.78, 5) is 27.1. The summed E-state index contributed by atoms with van der Waals surface area (Å²) in [6.07, 6.45) is 2.74. The number of carbonyl (C=O) groups is 2. The van der Waals surface area contributed by atoms with Gasteiger partial charge in [0, 0.05) is 24.5 Å². The van der Waals surface area contributed by atoms with E-state index in [9.17, 15) is 22.8 Å². The number of nitrogens with zero attached hydrogens (tertiary/aromatic N) is 1. The largest absolute Gasteiger partial charge is 0.486 e. The van der Waals surface area contributed by atoms with Crippen LogP contribution in [0, 0.1) is 0 Å². The minimum absolute atomic E-state index is 0.0228. The lowest BCUT2D eigenvalue weighted by molar-refractivity contribution is -0.138. The summed E-state index contributed by atoms with van der Waals surface area (Å²) in [5.74, 6) is -0.223. The first-order valence-electron chi connectivity index (χ1n) is 12.7. The van der Waals surface area contributed by atoms with Gasteiger partial charge in [0.05, 0.1) is 17.5 Å². The van der Waals surface area contributed by atoms with Crippen molar-refractivity contribution in [2.45, 2.75) is 57.7 Å². The summed E-state index contributed by atoms with van der Waals surface area (Å²) >= 11 is 0. The Balaban J connectivity index is 1.77. The molecule has 1 atom stereocenters. The molecule has 2 aromatic carbocycles. The predicted octanol–water partition coefficient (Wildman–Crippen LogP) is 7.19. The molecule has 208 valence electrons. The van der Waals surface area contributed by atoms with Gasteiger partial charge in [-0.15, -0.1) is 0 Å². The molecule has 1 unspecified atom stereocenters. The zero-order chi connectivity index (χ0) is 28.3. The van der Waals surface area contributed by atoms with Crippen molar-refractivity contribution in [2.24, 2.45) is 0 Å². The fourth-order valence-corrected chi connectivity index (χ4v) is 3.84. The van der Waals surface area contributed by atoms with Crippen LogP contribution in [0.25, 0.3) is 0 Å². The second kappa shape index (κ2) is 14.2. The Kier molecular flexibility index (Phi) is 10.7. The summed E-state index contributed by atoms with van der Waals surface area (Å²) in [5.41, 5.74) is 0.241. The number of carboxylic acid groups (broad SMARTS) is 1. The normalized spacial score (nSPS) is 12.0. The number of hydrogen-bond donors (Lipinski definition) is 2. The maximum atomic E-state index is 12.9. The van der Waals surface area contributed by atoms with Gasteiger partial charge in [-0.25, -0.2) is 0 Å². The van der Waals surface area contributed by atoms with Gasteiger partial charge in [0.25, 0.3) is 5.91 Å². The molecule has 0 saturated carbocycles. The smallest absolute Gasteiger partial charge is 0.416 e. The minimum atomic E-state index is -4.44. The van der Waals surface area contributed by atoms with E-state index >= 15 is 0 Å². The summed E-state index contributed by atoms with van der Waals surface area (Å²) in [6, 6.07) is 12.6. The van der Waals surface area contributed by atoms with Crippen LogP contribution in [0.3, 0.4) is 0 Å². The van der Waals surface area contributed by atoms with Gasteiger partial charge in [-0.3, -0.25) is 14.6 Å². The summed E-state index contributed by atoms with van der Waals surface area (Å²) < 4.78 is 51.1. The molecular formula is C29H31F3N2O5. The summed E-state index contributed by atoms with van der Waals surface area (Å²) in [6.45, 7) is 2.14. The van der Waals surface area contributed by atoms with Crippen molar-refractivity contribution >= 4 is 11.9 Å². The van der Waals surface area contributed by atoms with E-state index in [1.807, 2.05) is 0 Å². The van der Waals surface area contributed by atoms with Gasteiger partial charge in [0.1, 0.15) is 23.4 Å². The minimum Gasteiger partial charge on any atom is -0.486 e. The van der Waals surface area contributed by atoms with E-state index in [1.165, 1.54) is 18.3 Å². The van der Waals surface area contributed by atoms with Gasteiger partial charge in [0.2, 0.25) is 0 Å². The molecule has 0 aliphatic rings. The van der Waals surface area contributed by atoms with E-state index in [-0.39, 0.29) is 18.7 Å². The lowest BCUT2D eigenvalue weighted by atomic mass is 10.0. The number of aromatic nitrogens is 1. The second-order valence-corrected chi connectivity index (χ2v) is 8.92. The predicted molar refractivity (Wildman–Crippen MR) is 139 cm³/mol. The van der Waals surface area contributed by atoms with Crippen molar-refractivity contribution in [1.82, 2.24) is 10.3 Å². The van der Waals surface area contributed by atoms with Crippen molar-refractivity contribution < 1.29 is 37.3 Å². The molecule has 0 aliphatic heterocycles. The number of aliphatic carboxylic acids is 1. The number of benzene rings is 2. The zero-order valence-corrected chi connectivity index (χ0v) is 21.5. The number of hydrogen-bond acceptors (Lipinski definition) is 5. The van der Waals surface area contributed by atoms with Gasteiger partial charge in [-0.2, -0.15) is 13.2 Å². The number of pyridine rings is 1. The molecule has 0 bridgehead atoms. The molecule has 0 spiro atoms. The molecule has 7 nitrogen and oxygen atoms in total. The quantitative estimate of drug-likeness (QED) is 0.209. The number of rotatable bonds is 14. The molecule has 3 rings (SSSR count). The Morgan fingerprint density at radius 2 is 1.67 bits per heavy atom. The van der Waals surface area contributed by atoms with Gasteiger partial charge >= 0.3 is 12.1 Å². The maximum absolute atomic E-state index is 12.9. The number of alkyl halides is 3. The highest BCUT2D eigenvalue weighted by Gasteiger charge is 2.30. The Morgan fingerprint density at radius 1 is 0.974 bits per heavy atom. The van der Waals surface area contributed by atoms with Crippen LogP contribution in [0.1, 0.15) is 73.0 Å². The van der Waals surface area contributed by atoms with Gasteiger partial charge in [-0.1, -0.05) is 26.2 Å². The highest BCUT2D eigenvalue weighted by Crippen LogP contribution is 2.36. The molecule has 0 saturated heterocycles. The first-order chi connectivity index (χ1) is 18.7. The van der Waals surface area contributed by atoms with Crippen molar-refractivity contribution in [1.29, 1.82) is 0 Å². The number of carbonyl (C=O) groups excluding carboxylic acids is 1. The fourth-order valence-electron chi connectivity index (χ4n) is 3.84. The third-order valence-corrected chi connectivity index (χ3v) is 5.91. The molecule has 0 aliphatic carbocycles. The molecule has 10 heteroatoms. The van der Waals surface area contributed by atoms with E-state index in [4.69, 9.17) is 14.6 Å². The van der Waals surface area contributed by atoms with Crippen molar-refractivity contribution in [3.63, 3.8) is 0 Å². The first kappa shape index (κ1) is 29.5. The van der Waals surface area contributed by atoms with Crippen LogP contribution in [-0.4, -0.2) is 28.5 Å². The molecule has 0 fully saturated rings. The average Bonchev–Trinajstić information content (AvgIpc) is 2.91. The van der Waals surface area contributed by atoms with Crippen molar-refractivity contribution in [2.75, 3.05) is 6.54 Å². The Hall–Kier alpha value is -4.08. The van der Waals surface area contributed by atoms with Crippen molar-refractivity contribution in [3.05, 3.63) is 83.7 Å². The number of ether oxygens (including phenoxy) is 2. The number of nitrogens with one attached hydrogen (secondary N) is 1. The van der Waals surface area contributed by atoms with Gasteiger partial charge in [-0.05, 0) is 67.4 Å². The molecule has 39 heavy (non-hydrogen) atoms. The van der Waals surface area contributed by atoms with Crippen LogP contribution in [0.2, 0.25) is 0 Å². The SMILES string of the molecule is CCCCCCC(Oc1ccc(C(=O)NCCC(=O)O)cc1)c1cnccc1Oc1ccc(C(F)(F)F)cc1. The van der Waals surface area contributed by atoms with E-state index in [0.717, 1.165) is 37.8 Å². The van der Waals surface area contributed by atoms with Crippen molar-refractivity contribution in [3.8, 4) is 17.2 Å². The number of halogens is 3. The van der Waals surface area contributed by atoms with Crippen LogP contribution in [0.4, 0.5) is 13.2 Å². The maximum Gasteiger partial charge on any atom is 0.416 e. The second-order valence-electron chi connectivity index (χ2n) is 8.92.